The predicted molar refractivity (Wildman–Crippen MR) is 60.2 cm³/mol. The van der Waals surface area contributed by atoms with Crippen molar-refractivity contribution in [2.45, 2.75) is 38.3 Å². The van der Waals surface area contributed by atoms with Crippen LogP contribution in [-0.4, -0.2) is 44.9 Å². The number of hydrogen-bond donors (Lipinski definition) is 3. The Bertz CT molecular complexity index is 309. The molecule has 0 spiro atoms. The average Bonchev–Trinajstić information content (AvgIpc) is 2.16. The van der Waals surface area contributed by atoms with Gasteiger partial charge in [0.15, 0.2) is 0 Å². The first-order valence-corrected chi connectivity index (χ1v) is 6.87. The van der Waals surface area contributed by atoms with Gasteiger partial charge in [-0.25, -0.2) is 0 Å². The Morgan fingerprint density at radius 3 is 2.38 bits per heavy atom. The molecular weight excluding hydrogens is 232 g/mol. The summed E-state index contributed by atoms with van der Waals surface area (Å²) in [7, 11) is -3.57. The van der Waals surface area contributed by atoms with E-state index in [0.717, 1.165) is 0 Å². The van der Waals surface area contributed by atoms with Crippen LogP contribution in [0.2, 0.25) is 0 Å². The van der Waals surface area contributed by atoms with Crippen molar-refractivity contribution in [3.8, 4) is 0 Å². The van der Waals surface area contributed by atoms with Gasteiger partial charge in [-0.3, -0.25) is 0 Å². The van der Waals surface area contributed by atoms with Gasteiger partial charge in [-0.2, -0.15) is 17.9 Å². The maximum absolute atomic E-state index is 11.7. The van der Waals surface area contributed by atoms with Crippen LogP contribution in [0.25, 0.3) is 0 Å². The molecule has 0 amide bonds. The highest BCUT2D eigenvalue weighted by molar-refractivity contribution is 7.87. The minimum absolute atomic E-state index is 0.173. The minimum Gasteiger partial charge on any atom is -0.394 e. The van der Waals surface area contributed by atoms with Crippen molar-refractivity contribution in [2.24, 2.45) is 0 Å². The summed E-state index contributed by atoms with van der Waals surface area (Å²) in [6, 6.07) is -0.173. The van der Waals surface area contributed by atoms with Gasteiger partial charge in [0.1, 0.15) is 0 Å². The van der Waals surface area contributed by atoms with Crippen molar-refractivity contribution in [1.29, 1.82) is 0 Å². The monoisotopic (exact) mass is 252 g/mol. The van der Waals surface area contributed by atoms with Crippen molar-refractivity contribution in [3.63, 3.8) is 0 Å². The van der Waals surface area contributed by atoms with Crippen LogP contribution in [-0.2, 0) is 14.9 Å². The molecular formula is C9H20N2O4S. The topological polar surface area (TPSA) is 87.7 Å². The largest absolute Gasteiger partial charge is 0.394 e. The van der Waals surface area contributed by atoms with E-state index < -0.39 is 15.7 Å². The number of nitrogens with one attached hydrogen (secondary N) is 2. The fourth-order valence-electron chi connectivity index (χ4n) is 1.68. The molecule has 7 heteroatoms. The zero-order valence-corrected chi connectivity index (χ0v) is 10.5. The number of ether oxygens (including phenoxy) is 1. The molecule has 0 saturated carbocycles. The maximum atomic E-state index is 11.7. The van der Waals surface area contributed by atoms with Crippen LogP contribution in [0.3, 0.4) is 0 Å². The second-order valence-electron chi connectivity index (χ2n) is 4.43. The van der Waals surface area contributed by atoms with Gasteiger partial charge >= 0.3 is 0 Å². The summed E-state index contributed by atoms with van der Waals surface area (Å²) in [6.45, 7) is 4.20. The van der Waals surface area contributed by atoms with E-state index in [1.165, 1.54) is 0 Å². The van der Waals surface area contributed by atoms with Crippen LogP contribution in [0.4, 0.5) is 0 Å². The lowest BCUT2D eigenvalue weighted by atomic mass is 9.93. The van der Waals surface area contributed by atoms with Crippen molar-refractivity contribution in [3.05, 3.63) is 0 Å². The molecule has 6 nitrogen and oxygen atoms in total. The van der Waals surface area contributed by atoms with Gasteiger partial charge in [0, 0.05) is 19.3 Å². The molecule has 1 saturated heterocycles. The summed E-state index contributed by atoms with van der Waals surface area (Å²) in [6.07, 6.45) is 0.977. The highest BCUT2D eigenvalue weighted by Crippen LogP contribution is 2.20. The third-order valence-electron chi connectivity index (χ3n) is 2.49. The second kappa shape index (κ2) is 5.42. The van der Waals surface area contributed by atoms with Gasteiger partial charge < -0.3 is 9.84 Å². The summed E-state index contributed by atoms with van der Waals surface area (Å²) in [5.74, 6) is 0. The summed E-state index contributed by atoms with van der Waals surface area (Å²) in [5, 5.41) is 9.33. The van der Waals surface area contributed by atoms with Crippen LogP contribution >= 0.6 is 0 Å². The summed E-state index contributed by atoms with van der Waals surface area (Å²) in [5.41, 5.74) is -0.779. The van der Waals surface area contributed by atoms with Gasteiger partial charge in [0.25, 0.3) is 10.2 Å². The SMILES string of the molecule is CC(C)NS(=O)(=O)NC1(CO)CCOCC1. The van der Waals surface area contributed by atoms with Gasteiger partial charge in [0.05, 0.1) is 12.1 Å². The van der Waals surface area contributed by atoms with Crippen molar-refractivity contribution >= 4 is 10.2 Å². The molecule has 0 bridgehead atoms. The molecule has 3 N–H and O–H groups in total. The van der Waals surface area contributed by atoms with Crippen LogP contribution in [0.5, 0.6) is 0 Å². The molecule has 0 radical (unpaired) electrons. The van der Waals surface area contributed by atoms with Crippen LogP contribution in [0.1, 0.15) is 26.7 Å². The van der Waals surface area contributed by atoms with Gasteiger partial charge in [-0.05, 0) is 26.7 Å². The number of aliphatic hydroxyl groups is 1. The average molecular weight is 252 g/mol. The van der Waals surface area contributed by atoms with Crippen molar-refractivity contribution in [2.75, 3.05) is 19.8 Å². The van der Waals surface area contributed by atoms with E-state index >= 15 is 0 Å². The third kappa shape index (κ3) is 3.99. The van der Waals surface area contributed by atoms with Gasteiger partial charge in [0.2, 0.25) is 0 Å². The Kier molecular flexibility index (Phi) is 4.69. The Morgan fingerprint density at radius 2 is 1.94 bits per heavy atom. The van der Waals surface area contributed by atoms with Gasteiger partial charge in [-0.1, -0.05) is 0 Å². The second-order valence-corrected chi connectivity index (χ2v) is 5.88. The molecule has 1 fully saturated rings. The molecule has 1 heterocycles. The highest BCUT2D eigenvalue weighted by atomic mass is 32.2. The van der Waals surface area contributed by atoms with Crippen LogP contribution < -0.4 is 9.44 Å². The normalized spacial score (nSPS) is 21.2. The molecule has 1 aliphatic heterocycles. The quantitative estimate of drug-likeness (QED) is 0.607. The fourth-order valence-corrected chi connectivity index (χ4v) is 3.20. The zero-order chi connectivity index (χ0) is 12.2. The lowest BCUT2D eigenvalue weighted by Gasteiger charge is -2.36. The lowest BCUT2D eigenvalue weighted by Crippen LogP contribution is -2.57. The van der Waals surface area contributed by atoms with Crippen LogP contribution in [0, 0.1) is 0 Å². The Morgan fingerprint density at radius 1 is 1.38 bits per heavy atom. The standard InChI is InChI=1S/C9H20N2O4S/c1-8(2)10-16(13,14)11-9(7-12)3-5-15-6-4-9/h8,10-12H,3-7H2,1-2H3. The third-order valence-corrected chi connectivity index (χ3v) is 3.98. The van der Waals surface area contributed by atoms with Gasteiger partial charge in [-0.15, -0.1) is 0 Å². The van der Waals surface area contributed by atoms with Crippen molar-refractivity contribution in [1.82, 2.24) is 9.44 Å². The smallest absolute Gasteiger partial charge is 0.277 e. The maximum Gasteiger partial charge on any atom is 0.277 e. The Hall–Kier alpha value is -0.210. The zero-order valence-electron chi connectivity index (χ0n) is 9.69. The Labute approximate surface area is 96.6 Å². The molecule has 0 unspecified atom stereocenters. The fraction of sp³-hybridized carbons (Fsp3) is 1.00. The minimum atomic E-state index is -3.57. The lowest BCUT2D eigenvalue weighted by molar-refractivity contribution is 0.0221. The molecule has 1 rings (SSSR count). The highest BCUT2D eigenvalue weighted by Gasteiger charge is 2.36. The molecule has 0 atom stereocenters. The molecule has 1 aliphatic rings. The Balaban J connectivity index is 2.68. The number of hydrogen-bond acceptors (Lipinski definition) is 4. The molecule has 0 aromatic carbocycles. The molecule has 0 aromatic rings. The van der Waals surface area contributed by atoms with E-state index in [1.807, 2.05) is 0 Å². The summed E-state index contributed by atoms with van der Waals surface area (Å²) >= 11 is 0. The van der Waals surface area contributed by atoms with E-state index in [1.54, 1.807) is 13.8 Å². The first-order valence-electron chi connectivity index (χ1n) is 5.39. The summed E-state index contributed by atoms with van der Waals surface area (Å²) < 4.78 is 33.5. The molecule has 0 aliphatic carbocycles. The molecule has 0 aromatic heterocycles. The van der Waals surface area contributed by atoms with E-state index in [0.29, 0.717) is 26.1 Å². The summed E-state index contributed by atoms with van der Waals surface area (Å²) in [4.78, 5) is 0. The van der Waals surface area contributed by atoms with E-state index in [2.05, 4.69) is 9.44 Å². The molecule has 96 valence electrons. The predicted octanol–water partition coefficient (Wildman–Crippen LogP) is -0.640. The number of rotatable bonds is 5. The molecule has 16 heavy (non-hydrogen) atoms. The van der Waals surface area contributed by atoms with Crippen LogP contribution in [0.15, 0.2) is 0 Å². The van der Waals surface area contributed by atoms with E-state index in [4.69, 9.17) is 4.74 Å². The van der Waals surface area contributed by atoms with E-state index in [-0.39, 0.29) is 12.6 Å². The van der Waals surface area contributed by atoms with E-state index in [9.17, 15) is 13.5 Å². The number of aliphatic hydroxyl groups excluding tert-OH is 1. The first kappa shape index (κ1) is 13.9. The van der Waals surface area contributed by atoms with Crippen molar-refractivity contribution < 1.29 is 18.3 Å². The first-order chi connectivity index (χ1) is 7.39.